The molecule has 27 heavy (non-hydrogen) atoms. The van der Waals surface area contributed by atoms with Crippen LogP contribution in [-0.4, -0.2) is 17.4 Å². The van der Waals surface area contributed by atoms with Crippen LogP contribution in [0.15, 0.2) is 58.3 Å². The summed E-state index contributed by atoms with van der Waals surface area (Å²) in [7, 11) is 0. The maximum Gasteiger partial charge on any atom is 0.291 e. The highest BCUT2D eigenvalue weighted by molar-refractivity contribution is 5.99. The van der Waals surface area contributed by atoms with E-state index in [4.69, 9.17) is 4.42 Å². The summed E-state index contributed by atoms with van der Waals surface area (Å²) < 4.78 is 19.3. The molecular weight excluding hydrogens is 345 g/mol. The van der Waals surface area contributed by atoms with Gasteiger partial charge >= 0.3 is 0 Å². The molecule has 2 heterocycles. The van der Waals surface area contributed by atoms with E-state index in [9.17, 15) is 14.0 Å². The molecule has 1 aliphatic heterocycles. The van der Waals surface area contributed by atoms with Crippen LogP contribution >= 0.6 is 0 Å². The van der Waals surface area contributed by atoms with Gasteiger partial charge in [-0.1, -0.05) is 24.3 Å². The first-order chi connectivity index (χ1) is 12.9. The van der Waals surface area contributed by atoms with Crippen molar-refractivity contribution in [2.24, 2.45) is 0 Å². The molecule has 4 nitrogen and oxygen atoms in total. The number of carbonyl (C=O) groups excluding carboxylic acids is 1. The van der Waals surface area contributed by atoms with E-state index in [1.165, 1.54) is 17.0 Å². The smallest absolute Gasteiger partial charge is 0.291 e. The molecule has 3 aromatic rings. The first-order valence-corrected chi connectivity index (χ1v) is 8.67. The van der Waals surface area contributed by atoms with Gasteiger partial charge in [-0.3, -0.25) is 9.59 Å². The highest BCUT2D eigenvalue weighted by Crippen LogP contribution is 2.38. The predicted molar refractivity (Wildman–Crippen MR) is 101 cm³/mol. The molecule has 1 atom stereocenters. The van der Waals surface area contributed by atoms with Crippen molar-refractivity contribution in [3.63, 3.8) is 0 Å². The normalized spacial score (nSPS) is 16.0. The fourth-order valence-corrected chi connectivity index (χ4v) is 3.83. The minimum atomic E-state index is -0.632. The summed E-state index contributed by atoms with van der Waals surface area (Å²) in [5, 5.41) is 0.472. The van der Waals surface area contributed by atoms with E-state index < -0.39 is 6.04 Å². The van der Waals surface area contributed by atoms with Crippen molar-refractivity contribution in [3.8, 4) is 0 Å². The van der Waals surface area contributed by atoms with Gasteiger partial charge in [0.15, 0.2) is 5.43 Å². The lowest BCUT2D eigenvalue weighted by atomic mass is 9.97. The summed E-state index contributed by atoms with van der Waals surface area (Å²) in [4.78, 5) is 27.9. The topological polar surface area (TPSA) is 50.5 Å². The fourth-order valence-electron chi connectivity index (χ4n) is 3.83. The molecule has 0 N–H and O–H groups in total. The van der Waals surface area contributed by atoms with Crippen LogP contribution in [0.4, 0.5) is 4.39 Å². The second-order valence-corrected chi connectivity index (χ2v) is 6.83. The van der Waals surface area contributed by atoms with Crippen LogP contribution in [0.25, 0.3) is 11.0 Å². The van der Waals surface area contributed by atoms with Gasteiger partial charge in [0.25, 0.3) is 5.91 Å². The Morgan fingerprint density at radius 1 is 1.19 bits per heavy atom. The van der Waals surface area contributed by atoms with E-state index in [0.29, 0.717) is 22.1 Å². The SMILES string of the molecule is C=CCN1C(=O)c2oc3cc(C)cc(C)c3c(=O)c2C1c1ccc(F)cc1. The first-order valence-electron chi connectivity index (χ1n) is 8.67. The summed E-state index contributed by atoms with van der Waals surface area (Å²) in [6.45, 7) is 7.71. The predicted octanol–water partition coefficient (Wildman–Crippen LogP) is 4.28. The van der Waals surface area contributed by atoms with E-state index in [1.54, 1.807) is 24.3 Å². The van der Waals surface area contributed by atoms with Gasteiger partial charge in [-0.15, -0.1) is 6.58 Å². The largest absolute Gasteiger partial charge is 0.450 e. The summed E-state index contributed by atoms with van der Waals surface area (Å²) >= 11 is 0. The van der Waals surface area contributed by atoms with Crippen molar-refractivity contribution in [2.45, 2.75) is 19.9 Å². The monoisotopic (exact) mass is 363 g/mol. The molecule has 1 aromatic heterocycles. The van der Waals surface area contributed by atoms with Crippen LogP contribution in [0.5, 0.6) is 0 Å². The molecule has 0 fully saturated rings. The van der Waals surface area contributed by atoms with Crippen molar-refractivity contribution < 1.29 is 13.6 Å². The average Bonchev–Trinajstić information content (AvgIpc) is 2.88. The van der Waals surface area contributed by atoms with Crippen molar-refractivity contribution in [3.05, 3.63) is 93.1 Å². The van der Waals surface area contributed by atoms with Crippen LogP contribution < -0.4 is 5.43 Å². The number of aryl methyl sites for hydroxylation is 2. The summed E-state index contributed by atoms with van der Waals surface area (Å²) in [5.74, 6) is -0.693. The lowest BCUT2D eigenvalue weighted by molar-refractivity contribution is 0.0748. The number of rotatable bonds is 3. The molecule has 1 amide bonds. The standard InChI is InChI=1S/C22H18FNO3/c1-4-9-24-19(14-5-7-15(23)8-6-14)18-20(25)17-13(3)10-12(2)11-16(17)27-21(18)22(24)26/h4-8,10-11,19H,1,9H2,2-3H3. The van der Waals surface area contributed by atoms with Gasteiger partial charge in [-0.25, -0.2) is 4.39 Å². The van der Waals surface area contributed by atoms with E-state index in [0.717, 1.165) is 11.1 Å². The van der Waals surface area contributed by atoms with Crippen LogP contribution in [0.2, 0.25) is 0 Å². The lowest BCUT2D eigenvalue weighted by Gasteiger charge is -2.23. The highest BCUT2D eigenvalue weighted by atomic mass is 19.1. The molecule has 0 radical (unpaired) electrons. The van der Waals surface area contributed by atoms with Crippen molar-refractivity contribution in [1.29, 1.82) is 0 Å². The molecule has 136 valence electrons. The zero-order chi connectivity index (χ0) is 19.3. The minimum Gasteiger partial charge on any atom is -0.450 e. The zero-order valence-electron chi connectivity index (χ0n) is 15.1. The molecule has 0 saturated heterocycles. The van der Waals surface area contributed by atoms with E-state index in [1.807, 2.05) is 19.9 Å². The van der Waals surface area contributed by atoms with Crippen LogP contribution in [-0.2, 0) is 0 Å². The van der Waals surface area contributed by atoms with Crippen LogP contribution in [0.3, 0.4) is 0 Å². The van der Waals surface area contributed by atoms with Crippen LogP contribution in [0, 0.1) is 19.7 Å². The summed E-state index contributed by atoms with van der Waals surface area (Å²) in [6, 6.07) is 8.86. The third-order valence-corrected chi connectivity index (χ3v) is 4.92. The van der Waals surface area contributed by atoms with Gasteiger partial charge < -0.3 is 9.32 Å². The Balaban J connectivity index is 2.05. The third-order valence-electron chi connectivity index (χ3n) is 4.92. The molecular formula is C22H18FNO3. The Labute approximate surface area is 155 Å². The van der Waals surface area contributed by atoms with Crippen LogP contribution in [0.1, 0.15) is 38.9 Å². The molecule has 0 bridgehead atoms. The molecule has 5 heteroatoms. The highest BCUT2D eigenvalue weighted by Gasteiger charge is 2.42. The van der Waals surface area contributed by atoms with Crippen molar-refractivity contribution in [1.82, 2.24) is 4.90 Å². The Kier molecular flexibility index (Phi) is 3.95. The number of benzene rings is 2. The number of nitrogens with zero attached hydrogens (tertiary/aromatic N) is 1. The Morgan fingerprint density at radius 2 is 1.89 bits per heavy atom. The average molecular weight is 363 g/mol. The fraction of sp³-hybridized carbons (Fsp3) is 0.182. The Morgan fingerprint density at radius 3 is 2.56 bits per heavy atom. The molecule has 1 aliphatic rings. The second kappa shape index (κ2) is 6.20. The second-order valence-electron chi connectivity index (χ2n) is 6.83. The molecule has 0 aliphatic carbocycles. The number of halogens is 1. The number of fused-ring (bicyclic) bond motifs is 2. The summed E-state index contributed by atoms with van der Waals surface area (Å²) in [6.07, 6.45) is 1.60. The van der Waals surface area contributed by atoms with E-state index >= 15 is 0 Å². The van der Waals surface area contributed by atoms with Gasteiger partial charge in [0, 0.05) is 6.54 Å². The maximum atomic E-state index is 13.4. The van der Waals surface area contributed by atoms with Gasteiger partial charge in [0.1, 0.15) is 11.4 Å². The van der Waals surface area contributed by atoms with Crippen molar-refractivity contribution in [2.75, 3.05) is 6.54 Å². The maximum absolute atomic E-state index is 13.4. The lowest BCUT2D eigenvalue weighted by Crippen LogP contribution is -2.29. The van der Waals surface area contributed by atoms with Gasteiger partial charge in [0.05, 0.1) is 17.0 Å². The number of hydrogen-bond acceptors (Lipinski definition) is 3. The minimum absolute atomic E-state index is 0.0497. The van der Waals surface area contributed by atoms with Crippen molar-refractivity contribution >= 4 is 16.9 Å². The Hall–Kier alpha value is -3.21. The third kappa shape index (κ3) is 2.58. The zero-order valence-corrected chi connectivity index (χ0v) is 15.1. The van der Waals surface area contributed by atoms with E-state index in [-0.39, 0.29) is 29.5 Å². The quantitative estimate of drug-likeness (QED) is 0.653. The van der Waals surface area contributed by atoms with Gasteiger partial charge in [0.2, 0.25) is 5.76 Å². The molecule has 0 saturated carbocycles. The molecule has 2 aromatic carbocycles. The summed E-state index contributed by atoms with van der Waals surface area (Å²) in [5.41, 5.74) is 2.89. The number of amides is 1. The number of hydrogen-bond donors (Lipinski definition) is 0. The molecule has 0 spiro atoms. The Bertz CT molecular complexity index is 1140. The van der Waals surface area contributed by atoms with Gasteiger partial charge in [-0.05, 0) is 48.7 Å². The molecule has 4 rings (SSSR count). The molecule has 1 unspecified atom stereocenters. The van der Waals surface area contributed by atoms with Gasteiger partial charge in [-0.2, -0.15) is 0 Å². The number of carbonyl (C=O) groups is 1. The van der Waals surface area contributed by atoms with E-state index in [2.05, 4.69) is 6.58 Å². The first kappa shape index (κ1) is 17.2.